The topological polar surface area (TPSA) is 52.0 Å². The molecule has 0 saturated heterocycles. The van der Waals surface area contributed by atoms with Gasteiger partial charge in [0.25, 0.3) is 0 Å². The summed E-state index contributed by atoms with van der Waals surface area (Å²) in [4.78, 5) is 0. The van der Waals surface area contributed by atoms with E-state index >= 15 is 0 Å². The zero-order valence-corrected chi connectivity index (χ0v) is 5.37. The van der Waals surface area contributed by atoms with Crippen molar-refractivity contribution >= 4 is 0 Å². The van der Waals surface area contributed by atoms with Crippen molar-refractivity contribution in [3.63, 3.8) is 0 Å². The van der Waals surface area contributed by atoms with Crippen molar-refractivity contribution < 1.29 is 4.52 Å². The highest BCUT2D eigenvalue weighted by atomic mass is 16.5. The van der Waals surface area contributed by atoms with Crippen LogP contribution >= 0.6 is 0 Å². The first kappa shape index (κ1) is 6.29. The van der Waals surface area contributed by atoms with Crippen molar-refractivity contribution in [2.45, 2.75) is 19.4 Å². The molecular formula is C6H10N2O. The van der Waals surface area contributed by atoms with Crippen LogP contribution in [0.1, 0.15) is 12.7 Å². The number of hydrogen-bond donors (Lipinski definition) is 1. The normalized spacial score (nSPS) is 13.6. The zero-order chi connectivity index (χ0) is 6.69. The molecule has 1 heterocycles. The maximum Gasteiger partial charge on any atom is 0.138 e. The minimum Gasteiger partial charge on any atom is -0.361 e. The molecule has 0 saturated carbocycles. The molecule has 0 radical (unpaired) electrons. The summed E-state index contributed by atoms with van der Waals surface area (Å²) >= 11 is 0. The summed E-state index contributed by atoms with van der Waals surface area (Å²) in [6, 6.07) is 1.97. The fourth-order valence-electron chi connectivity index (χ4n) is 0.665. The van der Waals surface area contributed by atoms with Gasteiger partial charge in [-0.25, -0.2) is 0 Å². The zero-order valence-electron chi connectivity index (χ0n) is 5.37. The van der Waals surface area contributed by atoms with E-state index in [0.29, 0.717) is 0 Å². The van der Waals surface area contributed by atoms with Gasteiger partial charge in [-0.05, 0) is 6.92 Å². The van der Waals surface area contributed by atoms with Gasteiger partial charge in [-0.3, -0.25) is 0 Å². The molecule has 1 aromatic heterocycles. The molecule has 1 atom stereocenters. The number of aromatic nitrogens is 1. The maximum atomic E-state index is 5.50. The van der Waals surface area contributed by atoms with Gasteiger partial charge in [-0.1, -0.05) is 5.16 Å². The van der Waals surface area contributed by atoms with E-state index in [2.05, 4.69) is 5.16 Å². The van der Waals surface area contributed by atoms with Crippen molar-refractivity contribution in [3.05, 3.63) is 18.0 Å². The largest absolute Gasteiger partial charge is 0.361 e. The predicted octanol–water partition coefficient (Wildman–Crippen LogP) is 0.564. The lowest BCUT2D eigenvalue weighted by atomic mass is 10.2. The van der Waals surface area contributed by atoms with Gasteiger partial charge in [-0.15, -0.1) is 0 Å². The molecule has 3 heteroatoms. The lowest BCUT2D eigenvalue weighted by molar-refractivity contribution is 0.377. The molecule has 0 fully saturated rings. The Morgan fingerprint density at radius 3 is 3.11 bits per heavy atom. The minimum atomic E-state index is 0.151. The SMILES string of the molecule is CC(N)Cc1ccno1. The summed E-state index contributed by atoms with van der Waals surface area (Å²) in [6.45, 7) is 1.93. The van der Waals surface area contributed by atoms with Crippen molar-refractivity contribution in [2.75, 3.05) is 0 Å². The Balaban J connectivity index is 2.48. The van der Waals surface area contributed by atoms with Gasteiger partial charge in [-0.2, -0.15) is 0 Å². The fraction of sp³-hybridized carbons (Fsp3) is 0.500. The average Bonchev–Trinajstić information content (AvgIpc) is 2.15. The highest BCUT2D eigenvalue weighted by Gasteiger charge is 1.99. The first-order chi connectivity index (χ1) is 4.29. The summed E-state index contributed by atoms with van der Waals surface area (Å²) < 4.78 is 4.81. The number of nitrogens with two attached hydrogens (primary N) is 1. The Labute approximate surface area is 53.8 Å². The van der Waals surface area contributed by atoms with E-state index in [1.807, 2.05) is 13.0 Å². The summed E-state index contributed by atoms with van der Waals surface area (Å²) in [5.74, 6) is 0.852. The van der Waals surface area contributed by atoms with Crippen molar-refractivity contribution in [2.24, 2.45) is 5.73 Å². The second-order valence-corrected chi connectivity index (χ2v) is 2.16. The minimum absolute atomic E-state index is 0.151. The van der Waals surface area contributed by atoms with Gasteiger partial charge < -0.3 is 10.3 Å². The second-order valence-electron chi connectivity index (χ2n) is 2.16. The Hall–Kier alpha value is -0.830. The van der Waals surface area contributed by atoms with Crippen LogP contribution in [-0.2, 0) is 6.42 Å². The van der Waals surface area contributed by atoms with E-state index in [1.54, 1.807) is 6.20 Å². The Morgan fingerprint density at radius 1 is 1.89 bits per heavy atom. The Kier molecular flexibility index (Phi) is 1.85. The monoisotopic (exact) mass is 126 g/mol. The third-order valence-corrected chi connectivity index (χ3v) is 1.01. The molecule has 0 spiro atoms. The van der Waals surface area contributed by atoms with Gasteiger partial charge >= 0.3 is 0 Å². The quantitative estimate of drug-likeness (QED) is 0.630. The van der Waals surface area contributed by atoms with Crippen LogP contribution in [0.2, 0.25) is 0 Å². The summed E-state index contributed by atoms with van der Waals surface area (Å²) in [5, 5.41) is 3.54. The summed E-state index contributed by atoms with van der Waals surface area (Å²) in [7, 11) is 0. The van der Waals surface area contributed by atoms with Crippen molar-refractivity contribution in [1.82, 2.24) is 5.16 Å². The molecule has 0 aliphatic carbocycles. The molecule has 0 aliphatic heterocycles. The van der Waals surface area contributed by atoms with E-state index in [1.165, 1.54) is 0 Å². The maximum absolute atomic E-state index is 5.50. The first-order valence-corrected chi connectivity index (χ1v) is 2.94. The Bertz CT molecular complexity index is 158. The van der Waals surface area contributed by atoms with Crippen LogP contribution in [0.5, 0.6) is 0 Å². The van der Waals surface area contributed by atoms with Gasteiger partial charge in [0.15, 0.2) is 0 Å². The van der Waals surface area contributed by atoms with E-state index in [9.17, 15) is 0 Å². The molecule has 0 bridgehead atoms. The molecule has 1 unspecified atom stereocenters. The highest BCUT2D eigenvalue weighted by molar-refractivity contribution is 4.94. The molecule has 1 aromatic rings. The van der Waals surface area contributed by atoms with Gasteiger partial charge in [0.2, 0.25) is 0 Å². The van der Waals surface area contributed by atoms with Crippen LogP contribution < -0.4 is 5.73 Å². The van der Waals surface area contributed by atoms with Crippen LogP contribution in [0.15, 0.2) is 16.8 Å². The van der Waals surface area contributed by atoms with Gasteiger partial charge in [0, 0.05) is 18.5 Å². The van der Waals surface area contributed by atoms with Crippen LogP contribution in [0.4, 0.5) is 0 Å². The van der Waals surface area contributed by atoms with Crippen molar-refractivity contribution in [1.29, 1.82) is 0 Å². The lowest BCUT2D eigenvalue weighted by Gasteiger charge is -1.97. The molecule has 1 rings (SSSR count). The molecule has 2 N–H and O–H groups in total. The van der Waals surface area contributed by atoms with Gasteiger partial charge in [0.1, 0.15) is 5.76 Å². The smallest absolute Gasteiger partial charge is 0.138 e. The summed E-state index contributed by atoms with van der Waals surface area (Å²) in [5.41, 5.74) is 5.50. The summed E-state index contributed by atoms with van der Waals surface area (Å²) in [6.07, 6.45) is 2.39. The van der Waals surface area contributed by atoms with Crippen LogP contribution in [0.25, 0.3) is 0 Å². The third-order valence-electron chi connectivity index (χ3n) is 1.01. The first-order valence-electron chi connectivity index (χ1n) is 2.94. The average molecular weight is 126 g/mol. The molecule has 0 amide bonds. The van der Waals surface area contributed by atoms with Crippen molar-refractivity contribution in [3.8, 4) is 0 Å². The second kappa shape index (κ2) is 2.64. The Morgan fingerprint density at radius 2 is 2.67 bits per heavy atom. The van der Waals surface area contributed by atoms with Crippen LogP contribution in [0, 0.1) is 0 Å². The van der Waals surface area contributed by atoms with E-state index < -0.39 is 0 Å². The standard InChI is InChI=1S/C6H10N2O/c1-5(7)4-6-2-3-8-9-6/h2-3,5H,4,7H2,1H3. The molecule has 50 valence electrons. The van der Waals surface area contributed by atoms with Crippen LogP contribution in [0.3, 0.4) is 0 Å². The van der Waals surface area contributed by atoms with E-state index in [4.69, 9.17) is 10.3 Å². The van der Waals surface area contributed by atoms with Gasteiger partial charge in [0.05, 0.1) is 6.20 Å². The fourth-order valence-corrected chi connectivity index (χ4v) is 0.665. The van der Waals surface area contributed by atoms with E-state index in [0.717, 1.165) is 12.2 Å². The van der Waals surface area contributed by atoms with Crippen LogP contribution in [-0.4, -0.2) is 11.2 Å². The van der Waals surface area contributed by atoms with E-state index in [-0.39, 0.29) is 6.04 Å². The molecule has 9 heavy (non-hydrogen) atoms. The number of rotatable bonds is 2. The number of nitrogens with zero attached hydrogens (tertiary/aromatic N) is 1. The molecule has 3 nitrogen and oxygen atoms in total. The predicted molar refractivity (Wildman–Crippen MR) is 33.9 cm³/mol. The molecule has 0 aliphatic rings. The third kappa shape index (κ3) is 1.85. The molecule has 0 aromatic carbocycles. The highest BCUT2D eigenvalue weighted by Crippen LogP contribution is 1.98. The number of hydrogen-bond acceptors (Lipinski definition) is 3. The lowest BCUT2D eigenvalue weighted by Crippen LogP contribution is -2.17. The molecular weight excluding hydrogens is 116 g/mol.